The molecule has 1 saturated heterocycles. The fourth-order valence-corrected chi connectivity index (χ4v) is 2.85. The summed E-state index contributed by atoms with van der Waals surface area (Å²) in [4.78, 5) is 13.7. The van der Waals surface area contributed by atoms with Crippen LogP contribution >= 0.6 is 0 Å². The van der Waals surface area contributed by atoms with Gasteiger partial charge in [0.15, 0.2) is 5.78 Å². The maximum atomic E-state index is 14.1. The lowest BCUT2D eigenvalue weighted by Gasteiger charge is -2.31. The van der Waals surface area contributed by atoms with Crippen LogP contribution in [0.15, 0.2) is 18.2 Å². The van der Waals surface area contributed by atoms with Crippen LogP contribution in [0.4, 0.5) is 10.1 Å². The highest BCUT2D eigenvalue weighted by atomic mass is 19.1. The van der Waals surface area contributed by atoms with Gasteiger partial charge in [-0.25, -0.2) is 4.39 Å². The van der Waals surface area contributed by atoms with Crippen LogP contribution in [0.5, 0.6) is 0 Å². The molecule has 1 fully saturated rings. The number of hydrogen-bond acceptors (Lipinski definition) is 2. The van der Waals surface area contributed by atoms with Crippen LogP contribution in [-0.2, 0) is 0 Å². The summed E-state index contributed by atoms with van der Waals surface area (Å²) in [6, 6.07) is 5.10. The highest BCUT2D eigenvalue weighted by molar-refractivity contribution is 6.00. The standard InChI is InChI=1S/C15H20FNO/c1-10(2)14-8-5-9-17(14)15-12(11(3)18)6-4-7-13(15)16/h4,6-7,10,14H,5,8-9H2,1-3H3. The van der Waals surface area contributed by atoms with Gasteiger partial charge in [0, 0.05) is 18.2 Å². The minimum atomic E-state index is -0.282. The molecule has 0 spiro atoms. The topological polar surface area (TPSA) is 20.3 Å². The van der Waals surface area contributed by atoms with Gasteiger partial charge < -0.3 is 4.90 Å². The Morgan fingerprint density at radius 1 is 1.44 bits per heavy atom. The number of rotatable bonds is 3. The lowest BCUT2D eigenvalue weighted by atomic mass is 10.00. The first-order valence-corrected chi connectivity index (χ1v) is 6.58. The average Bonchev–Trinajstić information content (AvgIpc) is 2.77. The molecule has 1 aromatic rings. The Hall–Kier alpha value is -1.38. The smallest absolute Gasteiger partial charge is 0.161 e. The zero-order valence-electron chi connectivity index (χ0n) is 11.2. The van der Waals surface area contributed by atoms with E-state index in [-0.39, 0.29) is 11.6 Å². The third-order valence-corrected chi connectivity index (χ3v) is 3.72. The number of benzene rings is 1. The lowest BCUT2D eigenvalue weighted by Crippen LogP contribution is -2.35. The van der Waals surface area contributed by atoms with Gasteiger partial charge >= 0.3 is 0 Å². The van der Waals surface area contributed by atoms with Crippen LogP contribution < -0.4 is 4.90 Å². The van der Waals surface area contributed by atoms with Crippen molar-refractivity contribution in [3.05, 3.63) is 29.6 Å². The highest BCUT2D eigenvalue weighted by Crippen LogP contribution is 2.34. The van der Waals surface area contributed by atoms with Gasteiger partial charge in [-0.2, -0.15) is 0 Å². The van der Waals surface area contributed by atoms with Gasteiger partial charge in [-0.05, 0) is 37.8 Å². The second-order valence-corrected chi connectivity index (χ2v) is 5.34. The van der Waals surface area contributed by atoms with E-state index in [0.717, 1.165) is 19.4 Å². The number of Topliss-reactive ketones (excluding diaryl/α,β-unsaturated/α-hetero) is 1. The Morgan fingerprint density at radius 2 is 2.17 bits per heavy atom. The molecule has 18 heavy (non-hydrogen) atoms. The molecule has 0 saturated carbocycles. The second-order valence-electron chi connectivity index (χ2n) is 5.34. The Morgan fingerprint density at radius 3 is 2.78 bits per heavy atom. The summed E-state index contributed by atoms with van der Waals surface area (Å²) >= 11 is 0. The highest BCUT2D eigenvalue weighted by Gasteiger charge is 2.31. The van der Waals surface area contributed by atoms with Gasteiger partial charge in [0.05, 0.1) is 5.69 Å². The molecule has 0 aromatic heterocycles. The fraction of sp³-hybridized carbons (Fsp3) is 0.533. The summed E-state index contributed by atoms with van der Waals surface area (Å²) < 4.78 is 14.1. The SMILES string of the molecule is CC(=O)c1cccc(F)c1N1CCCC1C(C)C. The molecule has 0 radical (unpaired) electrons. The number of carbonyl (C=O) groups is 1. The molecule has 1 heterocycles. The molecule has 2 nitrogen and oxygen atoms in total. The molecule has 0 bridgehead atoms. The molecule has 1 unspecified atom stereocenters. The van der Waals surface area contributed by atoms with Gasteiger partial charge in [-0.15, -0.1) is 0 Å². The fourth-order valence-electron chi connectivity index (χ4n) is 2.85. The Labute approximate surface area is 108 Å². The third kappa shape index (κ3) is 2.26. The van der Waals surface area contributed by atoms with Crippen LogP contribution in [0.1, 0.15) is 44.0 Å². The molecular formula is C15H20FNO. The molecule has 0 N–H and O–H groups in total. The van der Waals surface area contributed by atoms with Crippen molar-refractivity contribution in [2.75, 3.05) is 11.4 Å². The van der Waals surface area contributed by atoms with Crippen LogP contribution in [0, 0.1) is 11.7 Å². The summed E-state index contributed by atoms with van der Waals surface area (Å²) in [5, 5.41) is 0. The quantitative estimate of drug-likeness (QED) is 0.762. The monoisotopic (exact) mass is 249 g/mol. The Balaban J connectivity index is 2.46. The molecule has 2 rings (SSSR count). The van der Waals surface area contributed by atoms with E-state index in [1.54, 1.807) is 12.1 Å². The van der Waals surface area contributed by atoms with Crippen LogP contribution in [-0.4, -0.2) is 18.4 Å². The van der Waals surface area contributed by atoms with Crippen LogP contribution in [0.25, 0.3) is 0 Å². The predicted octanol–water partition coefficient (Wildman–Crippen LogP) is 3.65. The minimum Gasteiger partial charge on any atom is -0.365 e. The maximum Gasteiger partial charge on any atom is 0.161 e. The first-order valence-electron chi connectivity index (χ1n) is 6.58. The second kappa shape index (κ2) is 5.09. The zero-order valence-corrected chi connectivity index (χ0v) is 11.2. The first kappa shape index (κ1) is 13.1. The van der Waals surface area contributed by atoms with E-state index in [2.05, 4.69) is 18.7 Å². The average molecular weight is 249 g/mol. The number of carbonyl (C=O) groups excluding carboxylic acids is 1. The molecule has 98 valence electrons. The van der Waals surface area contributed by atoms with Crippen molar-refractivity contribution in [2.45, 2.75) is 39.7 Å². The molecule has 0 amide bonds. The van der Waals surface area contributed by atoms with Gasteiger partial charge in [-0.3, -0.25) is 4.79 Å². The Bertz CT molecular complexity index is 456. The predicted molar refractivity (Wildman–Crippen MR) is 71.6 cm³/mol. The molecule has 0 aliphatic carbocycles. The van der Waals surface area contributed by atoms with Crippen molar-refractivity contribution in [2.24, 2.45) is 5.92 Å². The van der Waals surface area contributed by atoms with E-state index < -0.39 is 0 Å². The molecule has 3 heteroatoms. The molecule has 1 aromatic carbocycles. The van der Waals surface area contributed by atoms with Crippen molar-refractivity contribution in [3.8, 4) is 0 Å². The van der Waals surface area contributed by atoms with Crippen molar-refractivity contribution in [1.82, 2.24) is 0 Å². The van der Waals surface area contributed by atoms with E-state index in [1.165, 1.54) is 13.0 Å². The third-order valence-electron chi connectivity index (χ3n) is 3.72. The summed E-state index contributed by atoms with van der Waals surface area (Å²) in [7, 11) is 0. The number of ketones is 1. The van der Waals surface area contributed by atoms with E-state index in [0.29, 0.717) is 23.2 Å². The van der Waals surface area contributed by atoms with Crippen molar-refractivity contribution >= 4 is 11.5 Å². The molecule has 1 atom stereocenters. The zero-order chi connectivity index (χ0) is 13.3. The van der Waals surface area contributed by atoms with E-state index >= 15 is 0 Å². The summed E-state index contributed by atoms with van der Waals surface area (Å²) in [5.41, 5.74) is 1.00. The van der Waals surface area contributed by atoms with Crippen LogP contribution in [0.2, 0.25) is 0 Å². The van der Waals surface area contributed by atoms with Crippen molar-refractivity contribution in [1.29, 1.82) is 0 Å². The normalized spacial score (nSPS) is 19.6. The van der Waals surface area contributed by atoms with Gasteiger partial charge in [0.25, 0.3) is 0 Å². The van der Waals surface area contributed by atoms with E-state index in [1.807, 2.05) is 0 Å². The molecule has 1 aliphatic heterocycles. The summed E-state index contributed by atoms with van der Waals surface area (Å²) in [6.07, 6.45) is 2.14. The van der Waals surface area contributed by atoms with E-state index in [4.69, 9.17) is 0 Å². The minimum absolute atomic E-state index is 0.0705. The van der Waals surface area contributed by atoms with Gasteiger partial charge in [-0.1, -0.05) is 19.9 Å². The number of anilines is 1. The number of nitrogens with zero attached hydrogens (tertiary/aromatic N) is 1. The van der Waals surface area contributed by atoms with E-state index in [9.17, 15) is 9.18 Å². The van der Waals surface area contributed by atoms with Crippen LogP contribution in [0.3, 0.4) is 0 Å². The molecular weight excluding hydrogens is 229 g/mol. The van der Waals surface area contributed by atoms with Crippen molar-refractivity contribution in [3.63, 3.8) is 0 Å². The van der Waals surface area contributed by atoms with Crippen molar-refractivity contribution < 1.29 is 9.18 Å². The largest absolute Gasteiger partial charge is 0.365 e. The summed E-state index contributed by atoms with van der Waals surface area (Å²) in [5.74, 6) is 0.112. The first-order chi connectivity index (χ1) is 8.52. The van der Waals surface area contributed by atoms with Gasteiger partial charge in [0.1, 0.15) is 5.82 Å². The molecule has 1 aliphatic rings. The Kier molecular flexibility index (Phi) is 3.69. The van der Waals surface area contributed by atoms with Gasteiger partial charge in [0.2, 0.25) is 0 Å². The summed E-state index contributed by atoms with van der Waals surface area (Å²) in [6.45, 7) is 6.64. The number of halogens is 1. The number of hydrogen-bond donors (Lipinski definition) is 0. The lowest BCUT2D eigenvalue weighted by molar-refractivity contribution is 0.101. The maximum absolute atomic E-state index is 14.1. The number of para-hydroxylation sites is 1.